The predicted molar refractivity (Wildman–Crippen MR) is 89.0 cm³/mol. The van der Waals surface area contributed by atoms with Gasteiger partial charge in [-0.25, -0.2) is 0 Å². The summed E-state index contributed by atoms with van der Waals surface area (Å²) in [6.07, 6.45) is 1.14. The Balaban J connectivity index is 0.00000144. The second-order valence-electron chi connectivity index (χ2n) is 6.19. The fraction of sp³-hybridized carbons (Fsp3) is 0.300. The average Bonchev–Trinajstić information content (AvgIpc) is 2.80. The summed E-state index contributed by atoms with van der Waals surface area (Å²) in [6.45, 7) is 8.87. The van der Waals surface area contributed by atoms with Gasteiger partial charge in [-0.3, -0.25) is 0 Å². The van der Waals surface area contributed by atoms with Gasteiger partial charge in [0.15, 0.2) is 0 Å². The van der Waals surface area contributed by atoms with Crippen molar-refractivity contribution in [3.05, 3.63) is 64.2 Å². The fourth-order valence-corrected chi connectivity index (χ4v) is 3.61. The number of rotatable bonds is 3. The number of allylic oxidation sites excluding steroid dienone is 4. The molecule has 0 amide bonds. The molecule has 2 aromatic carbocycles. The molecule has 0 aliphatic heterocycles. The van der Waals surface area contributed by atoms with Crippen molar-refractivity contribution >= 4 is 16.3 Å². The molecule has 4 heteroatoms. The molecule has 1 aliphatic rings. The summed E-state index contributed by atoms with van der Waals surface area (Å²) in [4.78, 5) is 0. The Labute approximate surface area is 169 Å². The van der Waals surface area contributed by atoms with Crippen LogP contribution in [0.25, 0.3) is 16.3 Å². The summed E-state index contributed by atoms with van der Waals surface area (Å²) in [6, 6.07) is 13.1. The zero-order chi connectivity index (χ0) is 15.9. The first-order chi connectivity index (χ1) is 10.5. The van der Waals surface area contributed by atoms with E-state index >= 15 is 0 Å². The molecule has 0 fully saturated rings. The van der Waals surface area contributed by atoms with Crippen LogP contribution in [-0.4, -0.2) is 0 Å². The molecule has 1 unspecified atom stereocenters. The number of halogens is 2. The summed E-state index contributed by atoms with van der Waals surface area (Å²) >= 11 is 1.79. The van der Waals surface area contributed by atoms with Crippen LogP contribution in [0.1, 0.15) is 51.3 Å². The van der Waals surface area contributed by atoms with Crippen molar-refractivity contribution in [3.63, 3.8) is 0 Å². The van der Waals surface area contributed by atoms with Crippen LogP contribution in [-0.2, 0) is 24.1 Å². The average molecular weight is 396 g/mol. The van der Waals surface area contributed by atoms with Crippen LogP contribution in [0.3, 0.4) is 0 Å². The first kappa shape index (κ1) is 21.5. The molecular formula is C20H21Cl2OTi. The number of fused-ring (bicyclic) bond motifs is 1. The number of hydrogen-bond acceptors (Lipinski definition) is 1. The zero-order valence-electron chi connectivity index (χ0n) is 14.4. The molecule has 0 N–H and O–H groups in total. The van der Waals surface area contributed by atoms with E-state index in [4.69, 9.17) is 3.32 Å². The van der Waals surface area contributed by atoms with Crippen molar-refractivity contribution in [1.82, 2.24) is 0 Å². The Kier molecular flexibility index (Phi) is 7.78. The van der Waals surface area contributed by atoms with E-state index in [1.165, 1.54) is 44.2 Å². The van der Waals surface area contributed by atoms with Gasteiger partial charge in [0.25, 0.3) is 0 Å². The molecule has 1 atom stereocenters. The van der Waals surface area contributed by atoms with E-state index in [1.54, 1.807) is 20.8 Å². The molecule has 125 valence electrons. The Morgan fingerprint density at radius 1 is 0.958 bits per heavy atom. The molecule has 0 saturated heterocycles. The van der Waals surface area contributed by atoms with Gasteiger partial charge in [-0.05, 0) is 0 Å². The molecule has 0 saturated carbocycles. The van der Waals surface area contributed by atoms with E-state index < -0.39 is 0 Å². The van der Waals surface area contributed by atoms with E-state index in [2.05, 4.69) is 64.1 Å². The Bertz CT molecular complexity index is 808. The minimum atomic E-state index is 0. The third-order valence-electron chi connectivity index (χ3n) is 4.98. The van der Waals surface area contributed by atoms with Crippen LogP contribution in [0.2, 0.25) is 0 Å². The maximum Gasteiger partial charge on any atom is -1.00 e. The van der Waals surface area contributed by atoms with E-state index in [9.17, 15) is 0 Å². The second kappa shape index (κ2) is 8.69. The van der Waals surface area contributed by atoms with Crippen LogP contribution in [0, 0.1) is 0 Å². The van der Waals surface area contributed by atoms with Crippen LogP contribution in [0.15, 0.2) is 53.1 Å². The van der Waals surface area contributed by atoms with Gasteiger partial charge in [0.2, 0.25) is 0 Å². The van der Waals surface area contributed by atoms with E-state index in [-0.39, 0.29) is 30.9 Å². The molecule has 3 rings (SSSR count). The van der Waals surface area contributed by atoms with Crippen molar-refractivity contribution in [1.29, 1.82) is 0 Å². The van der Waals surface area contributed by atoms with E-state index in [0.717, 1.165) is 6.42 Å². The summed E-state index contributed by atoms with van der Waals surface area (Å²) in [5, 5.41) is 2.58. The van der Waals surface area contributed by atoms with Gasteiger partial charge in [-0.1, -0.05) is 0 Å². The standard InChI is InChI=1S/C20H21O.2ClH.Ti/c1-12-11-19(14(3)13(12)2)18-10-9-16-7-5-6-8-17(16)20(18)15(4)21;;;/h5-10,15H,11H2,1-4H3;2*1H;/q-1;;;+3/p-2. The Morgan fingerprint density at radius 2 is 1.62 bits per heavy atom. The van der Waals surface area contributed by atoms with Gasteiger partial charge in [-0.2, -0.15) is 0 Å². The predicted octanol–water partition coefficient (Wildman–Crippen LogP) is -0.0992. The van der Waals surface area contributed by atoms with Crippen molar-refractivity contribution in [2.24, 2.45) is 0 Å². The summed E-state index contributed by atoms with van der Waals surface area (Å²) in [5.41, 5.74) is 8.48. The first-order valence-electron chi connectivity index (χ1n) is 7.75. The second-order valence-corrected chi connectivity index (χ2v) is 6.56. The maximum absolute atomic E-state index is 5.70. The minimum absolute atomic E-state index is 0. The molecule has 1 nitrogen and oxygen atoms in total. The van der Waals surface area contributed by atoms with Crippen molar-refractivity contribution < 1.29 is 49.0 Å². The summed E-state index contributed by atoms with van der Waals surface area (Å²) in [5.74, 6) is 0. The monoisotopic (exact) mass is 395 g/mol. The molecule has 0 aromatic heterocycles. The van der Waals surface area contributed by atoms with E-state index in [0.29, 0.717) is 0 Å². The molecule has 24 heavy (non-hydrogen) atoms. The number of hydrogen-bond donors (Lipinski definition) is 0. The normalized spacial score (nSPS) is 15.4. The van der Waals surface area contributed by atoms with Gasteiger partial charge in [0.05, 0.1) is 0 Å². The Hall–Kier alpha value is -0.566. The van der Waals surface area contributed by atoms with Gasteiger partial charge in [-0.15, -0.1) is 0 Å². The molecule has 0 radical (unpaired) electrons. The first-order valence-corrected chi connectivity index (χ1v) is 8.39. The van der Waals surface area contributed by atoms with Crippen LogP contribution >= 0.6 is 0 Å². The molecule has 2 aromatic rings. The van der Waals surface area contributed by atoms with Crippen LogP contribution in [0.4, 0.5) is 0 Å². The zero-order valence-corrected chi connectivity index (χ0v) is 17.5. The van der Waals surface area contributed by atoms with Crippen LogP contribution in [0.5, 0.6) is 0 Å². The van der Waals surface area contributed by atoms with Crippen molar-refractivity contribution in [3.8, 4) is 0 Å². The van der Waals surface area contributed by atoms with E-state index in [1.807, 2.05) is 0 Å². The van der Waals surface area contributed by atoms with Gasteiger partial charge >= 0.3 is 145 Å². The largest absolute Gasteiger partial charge is 1.00 e. The summed E-state index contributed by atoms with van der Waals surface area (Å²) in [7, 11) is 0. The molecule has 0 spiro atoms. The summed E-state index contributed by atoms with van der Waals surface area (Å²) < 4.78 is 5.70. The SMILES string of the molecule is CC1=C(C)C(C)=C(c2ccc3ccccc3c2C(C)[O][Ti+2])C1.[Cl-].[Cl-]. The molecule has 0 bridgehead atoms. The Morgan fingerprint density at radius 3 is 2.21 bits per heavy atom. The molecule has 0 heterocycles. The van der Waals surface area contributed by atoms with Crippen molar-refractivity contribution in [2.75, 3.05) is 0 Å². The smallest absolute Gasteiger partial charge is 1.00 e. The molecular weight excluding hydrogens is 375 g/mol. The van der Waals surface area contributed by atoms with Gasteiger partial charge in [0, 0.05) is 0 Å². The van der Waals surface area contributed by atoms with Gasteiger partial charge < -0.3 is 24.8 Å². The fourth-order valence-electron chi connectivity index (χ4n) is 3.43. The van der Waals surface area contributed by atoms with Crippen molar-refractivity contribution in [2.45, 2.75) is 40.2 Å². The minimum Gasteiger partial charge on any atom is -1.00 e. The third kappa shape index (κ3) is 3.66. The maximum atomic E-state index is 5.70. The topological polar surface area (TPSA) is 9.23 Å². The number of benzene rings is 2. The van der Waals surface area contributed by atoms with Gasteiger partial charge in [0.1, 0.15) is 0 Å². The quantitative estimate of drug-likeness (QED) is 0.659. The van der Waals surface area contributed by atoms with Crippen LogP contribution < -0.4 is 24.8 Å². The molecule has 1 aliphatic carbocycles. The third-order valence-corrected chi connectivity index (χ3v) is 5.53.